The number of rotatable bonds is 5. The Morgan fingerprint density at radius 2 is 1.92 bits per heavy atom. The lowest BCUT2D eigenvalue weighted by Crippen LogP contribution is -2.22. The Bertz CT molecular complexity index is 168. The molecule has 0 bridgehead atoms. The average Bonchev–Trinajstić information content (AvgIpc) is 1.95. The molecule has 0 aliphatic carbocycles. The molecular formula is C10H22N2S. The highest BCUT2D eigenvalue weighted by Crippen LogP contribution is 2.14. The number of nitrogens with zero attached hydrogens (tertiary/aromatic N) is 2. The van der Waals surface area contributed by atoms with Gasteiger partial charge in [0.25, 0.3) is 0 Å². The zero-order valence-electron chi connectivity index (χ0n) is 9.46. The van der Waals surface area contributed by atoms with Crippen LogP contribution in [0.4, 0.5) is 0 Å². The molecule has 0 atom stereocenters. The molecule has 0 aromatic rings. The van der Waals surface area contributed by atoms with Gasteiger partial charge in [0.1, 0.15) is 0 Å². The standard InChI is InChI=1S/C10H22N2S/c1-9(10(2,3)13)11-7-6-8-12(4)5/h13H,6-8H2,1-5H3. The molecule has 0 unspecified atom stereocenters. The van der Waals surface area contributed by atoms with Crippen LogP contribution in [-0.2, 0) is 0 Å². The molecule has 2 nitrogen and oxygen atoms in total. The lowest BCUT2D eigenvalue weighted by atomic mass is 10.1. The minimum atomic E-state index is -0.0713. The Labute approximate surface area is 87.8 Å². The van der Waals surface area contributed by atoms with E-state index in [1.807, 2.05) is 6.92 Å². The van der Waals surface area contributed by atoms with Gasteiger partial charge in [0.2, 0.25) is 0 Å². The maximum Gasteiger partial charge on any atom is 0.0447 e. The van der Waals surface area contributed by atoms with Crippen LogP contribution in [0.5, 0.6) is 0 Å². The van der Waals surface area contributed by atoms with Crippen LogP contribution in [0.25, 0.3) is 0 Å². The molecule has 0 radical (unpaired) electrons. The van der Waals surface area contributed by atoms with Crippen molar-refractivity contribution >= 4 is 18.3 Å². The van der Waals surface area contributed by atoms with Crippen LogP contribution in [0, 0.1) is 0 Å². The van der Waals surface area contributed by atoms with E-state index < -0.39 is 0 Å². The van der Waals surface area contributed by atoms with E-state index in [1.165, 1.54) is 0 Å². The van der Waals surface area contributed by atoms with Gasteiger partial charge in [0, 0.05) is 17.0 Å². The van der Waals surface area contributed by atoms with Crippen molar-refractivity contribution in [2.24, 2.45) is 4.99 Å². The normalized spacial score (nSPS) is 13.9. The van der Waals surface area contributed by atoms with Crippen molar-refractivity contribution in [1.82, 2.24) is 4.90 Å². The molecule has 0 N–H and O–H groups in total. The average molecular weight is 202 g/mol. The van der Waals surface area contributed by atoms with Crippen molar-refractivity contribution < 1.29 is 0 Å². The summed E-state index contributed by atoms with van der Waals surface area (Å²) in [6, 6.07) is 0. The predicted molar refractivity (Wildman–Crippen MR) is 64.2 cm³/mol. The molecule has 0 aromatic heterocycles. The van der Waals surface area contributed by atoms with Gasteiger partial charge in [-0.2, -0.15) is 12.6 Å². The van der Waals surface area contributed by atoms with Crippen molar-refractivity contribution in [3.8, 4) is 0 Å². The maximum atomic E-state index is 4.48. The fourth-order valence-electron chi connectivity index (χ4n) is 0.827. The van der Waals surface area contributed by atoms with Gasteiger partial charge in [-0.25, -0.2) is 0 Å². The van der Waals surface area contributed by atoms with Gasteiger partial charge in [-0.05, 0) is 47.8 Å². The Balaban J connectivity index is 3.73. The molecule has 0 aliphatic rings. The van der Waals surface area contributed by atoms with E-state index in [2.05, 4.69) is 50.5 Å². The zero-order chi connectivity index (χ0) is 10.5. The number of aliphatic imine (C=N–C) groups is 1. The minimum absolute atomic E-state index is 0.0713. The SMILES string of the molecule is CC(=NCCCN(C)C)C(C)(C)S. The molecular weight excluding hydrogens is 180 g/mol. The van der Waals surface area contributed by atoms with Gasteiger partial charge in [0.05, 0.1) is 0 Å². The molecule has 0 spiro atoms. The van der Waals surface area contributed by atoms with Crippen LogP contribution in [-0.4, -0.2) is 42.5 Å². The summed E-state index contributed by atoms with van der Waals surface area (Å²) in [5, 5.41) is 0. The van der Waals surface area contributed by atoms with Crippen LogP contribution in [0.3, 0.4) is 0 Å². The first-order chi connectivity index (χ1) is 5.84. The van der Waals surface area contributed by atoms with Gasteiger partial charge in [0.15, 0.2) is 0 Å². The van der Waals surface area contributed by atoms with E-state index >= 15 is 0 Å². The highest BCUT2D eigenvalue weighted by molar-refractivity contribution is 7.82. The van der Waals surface area contributed by atoms with Crippen LogP contribution in [0.1, 0.15) is 27.2 Å². The summed E-state index contributed by atoms with van der Waals surface area (Å²) >= 11 is 4.45. The molecule has 78 valence electrons. The molecule has 0 aromatic carbocycles. The smallest absolute Gasteiger partial charge is 0.0447 e. The zero-order valence-corrected chi connectivity index (χ0v) is 10.4. The molecule has 0 aliphatic heterocycles. The first-order valence-corrected chi connectivity index (χ1v) is 5.17. The van der Waals surface area contributed by atoms with Gasteiger partial charge in [-0.15, -0.1) is 0 Å². The van der Waals surface area contributed by atoms with Crippen LogP contribution in [0.15, 0.2) is 4.99 Å². The van der Waals surface area contributed by atoms with Crippen LogP contribution < -0.4 is 0 Å². The van der Waals surface area contributed by atoms with Crippen molar-refractivity contribution in [2.75, 3.05) is 27.2 Å². The van der Waals surface area contributed by atoms with Gasteiger partial charge in [-0.1, -0.05) is 0 Å². The number of hydrogen-bond acceptors (Lipinski definition) is 3. The fraction of sp³-hybridized carbons (Fsp3) is 0.900. The Morgan fingerprint density at radius 1 is 1.38 bits per heavy atom. The summed E-state index contributed by atoms with van der Waals surface area (Å²) in [5.41, 5.74) is 1.12. The summed E-state index contributed by atoms with van der Waals surface area (Å²) in [6.07, 6.45) is 1.12. The molecule has 0 amide bonds. The first kappa shape index (κ1) is 13.0. The Morgan fingerprint density at radius 3 is 2.31 bits per heavy atom. The third-order valence-corrected chi connectivity index (χ3v) is 2.32. The second kappa shape index (κ2) is 5.66. The van der Waals surface area contributed by atoms with Gasteiger partial charge < -0.3 is 4.90 Å². The minimum Gasteiger partial charge on any atom is -0.309 e. The van der Waals surface area contributed by atoms with E-state index in [0.29, 0.717) is 0 Å². The summed E-state index contributed by atoms with van der Waals surface area (Å²) in [4.78, 5) is 6.66. The van der Waals surface area contributed by atoms with E-state index in [9.17, 15) is 0 Å². The molecule has 3 heteroatoms. The van der Waals surface area contributed by atoms with E-state index in [1.54, 1.807) is 0 Å². The van der Waals surface area contributed by atoms with E-state index in [0.717, 1.165) is 25.2 Å². The predicted octanol–water partition coefficient (Wildman–Crippen LogP) is 2.11. The highest BCUT2D eigenvalue weighted by Gasteiger charge is 2.14. The van der Waals surface area contributed by atoms with Crippen LogP contribution in [0.2, 0.25) is 0 Å². The van der Waals surface area contributed by atoms with Crippen LogP contribution >= 0.6 is 12.6 Å². The van der Waals surface area contributed by atoms with E-state index in [4.69, 9.17) is 0 Å². The molecule has 13 heavy (non-hydrogen) atoms. The van der Waals surface area contributed by atoms with Crippen molar-refractivity contribution in [3.63, 3.8) is 0 Å². The summed E-state index contributed by atoms with van der Waals surface area (Å²) < 4.78 is -0.0713. The molecule has 0 saturated carbocycles. The van der Waals surface area contributed by atoms with Crippen molar-refractivity contribution in [3.05, 3.63) is 0 Å². The molecule has 0 rings (SSSR count). The Hall–Kier alpha value is -0.0200. The quantitative estimate of drug-likeness (QED) is 0.410. The van der Waals surface area contributed by atoms with Crippen molar-refractivity contribution in [1.29, 1.82) is 0 Å². The van der Waals surface area contributed by atoms with Crippen molar-refractivity contribution in [2.45, 2.75) is 31.9 Å². The summed E-state index contributed by atoms with van der Waals surface area (Å²) in [6.45, 7) is 8.20. The molecule has 0 heterocycles. The number of thiol groups is 1. The second-order valence-corrected chi connectivity index (χ2v) is 5.30. The van der Waals surface area contributed by atoms with Gasteiger partial charge >= 0.3 is 0 Å². The Kier molecular flexibility index (Phi) is 5.65. The molecule has 0 saturated heterocycles. The highest BCUT2D eigenvalue weighted by atomic mass is 32.1. The summed E-state index contributed by atoms with van der Waals surface area (Å²) in [7, 11) is 4.16. The monoisotopic (exact) mass is 202 g/mol. The first-order valence-electron chi connectivity index (χ1n) is 4.72. The van der Waals surface area contributed by atoms with E-state index in [-0.39, 0.29) is 4.75 Å². The third-order valence-electron chi connectivity index (χ3n) is 2.00. The third kappa shape index (κ3) is 7.08. The van der Waals surface area contributed by atoms with Gasteiger partial charge in [-0.3, -0.25) is 4.99 Å². The number of hydrogen-bond donors (Lipinski definition) is 1. The largest absolute Gasteiger partial charge is 0.309 e. The second-order valence-electron chi connectivity index (χ2n) is 4.18. The maximum absolute atomic E-state index is 4.48. The topological polar surface area (TPSA) is 15.6 Å². The lowest BCUT2D eigenvalue weighted by molar-refractivity contribution is 0.403. The fourth-order valence-corrected chi connectivity index (χ4v) is 0.898. The summed E-state index contributed by atoms with van der Waals surface area (Å²) in [5.74, 6) is 0. The molecule has 0 fully saturated rings. The lowest BCUT2D eigenvalue weighted by Gasteiger charge is -2.17.